The maximum atomic E-state index is 12.1. The molecule has 4 heteroatoms. The summed E-state index contributed by atoms with van der Waals surface area (Å²) in [6, 6.07) is 10.4. The van der Waals surface area contributed by atoms with Gasteiger partial charge in [-0.15, -0.1) is 0 Å². The van der Waals surface area contributed by atoms with E-state index in [0.29, 0.717) is 12.5 Å². The van der Waals surface area contributed by atoms with Crippen molar-refractivity contribution < 1.29 is 4.79 Å². The summed E-state index contributed by atoms with van der Waals surface area (Å²) in [6.45, 7) is 0. The molecule has 0 unspecified atom stereocenters. The van der Waals surface area contributed by atoms with Gasteiger partial charge in [-0.05, 0) is 37.0 Å². The van der Waals surface area contributed by atoms with Crippen LogP contribution in [0.15, 0.2) is 42.7 Å². The number of nitrogens with one attached hydrogen (secondary N) is 1. The summed E-state index contributed by atoms with van der Waals surface area (Å²) >= 11 is 0. The van der Waals surface area contributed by atoms with Gasteiger partial charge in [-0.3, -0.25) is 4.79 Å². The second-order valence-corrected chi connectivity index (χ2v) is 6.38. The Hall–Kier alpha value is -2.10. The van der Waals surface area contributed by atoms with Crippen LogP contribution >= 0.6 is 0 Å². The zero-order chi connectivity index (χ0) is 15.9. The van der Waals surface area contributed by atoms with Crippen molar-refractivity contribution in [3.8, 4) is 5.69 Å². The van der Waals surface area contributed by atoms with Gasteiger partial charge in [-0.1, -0.05) is 43.9 Å². The number of rotatable bonds is 5. The quantitative estimate of drug-likeness (QED) is 0.857. The smallest absolute Gasteiger partial charge is 0.220 e. The van der Waals surface area contributed by atoms with Gasteiger partial charge in [0.25, 0.3) is 0 Å². The van der Waals surface area contributed by atoms with Crippen LogP contribution in [0.2, 0.25) is 0 Å². The van der Waals surface area contributed by atoms with Crippen molar-refractivity contribution in [2.75, 3.05) is 0 Å². The van der Waals surface area contributed by atoms with Gasteiger partial charge in [0.05, 0.1) is 11.9 Å². The average molecular weight is 311 g/mol. The minimum Gasteiger partial charge on any atom is -0.353 e. The Morgan fingerprint density at radius 3 is 2.61 bits per heavy atom. The normalized spacial score (nSPS) is 16.0. The van der Waals surface area contributed by atoms with Crippen LogP contribution in [0.1, 0.15) is 50.5 Å². The zero-order valence-corrected chi connectivity index (χ0v) is 13.6. The predicted molar refractivity (Wildman–Crippen MR) is 91.5 cm³/mol. The first kappa shape index (κ1) is 15.8. The molecule has 0 atom stereocenters. The molecule has 0 spiro atoms. The number of carbonyl (C=O) groups is 1. The third kappa shape index (κ3) is 4.68. The highest BCUT2D eigenvalue weighted by atomic mass is 16.1. The summed E-state index contributed by atoms with van der Waals surface area (Å²) in [6.07, 6.45) is 12.5. The van der Waals surface area contributed by atoms with Gasteiger partial charge >= 0.3 is 0 Å². The van der Waals surface area contributed by atoms with E-state index in [1.54, 1.807) is 0 Å². The Labute approximate surface area is 137 Å². The molecule has 1 aliphatic carbocycles. The van der Waals surface area contributed by atoms with Crippen LogP contribution < -0.4 is 5.32 Å². The molecular weight excluding hydrogens is 286 g/mol. The van der Waals surface area contributed by atoms with Crippen molar-refractivity contribution in [3.63, 3.8) is 0 Å². The van der Waals surface area contributed by atoms with Gasteiger partial charge < -0.3 is 5.32 Å². The van der Waals surface area contributed by atoms with Crippen molar-refractivity contribution >= 4 is 5.91 Å². The summed E-state index contributed by atoms with van der Waals surface area (Å²) < 4.78 is 1.86. The lowest BCUT2D eigenvalue weighted by atomic mass is 10.1. The standard InChI is InChI=1S/C19H25N3O/c23-19(21-17-8-4-1-2-5-9-17)13-12-16-14-20-22(15-16)18-10-6-3-7-11-18/h3,6-7,10-11,14-15,17H,1-2,4-5,8-9,12-13H2,(H,21,23). The molecule has 0 saturated heterocycles. The first-order chi connectivity index (χ1) is 11.3. The molecule has 2 aromatic rings. The monoisotopic (exact) mass is 311 g/mol. The van der Waals surface area contributed by atoms with Crippen LogP contribution in [-0.2, 0) is 11.2 Å². The van der Waals surface area contributed by atoms with Gasteiger partial charge in [-0.25, -0.2) is 4.68 Å². The summed E-state index contributed by atoms with van der Waals surface area (Å²) in [5.74, 6) is 0.171. The molecule has 0 radical (unpaired) electrons. The number of hydrogen-bond donors (Lipinski definition) is 1. The number of hydrogen-bond acceptors (Lipinski definition) is 2. The zero-order valence-electron chi connectivity index (χ0n) is 13.6. The molecule has 1 aromatic heterocycles. The van der Waals surface area contributed by atoms with E-state index in [-0.39, 0.29) is 5.91 Å². The van der Waals surface area contributed by atoms with Gasteiger partial charge in [-0.2, -0.15) is 5.10 Å². The minimum absolute atomic E-state index is 0.171. The van der Waals surface area contributed by atoms with Gasteiger partial charge in [0.1, 0.15) is 0 Å². The molecule has 1 saturated carbocycles. The number of carbonyl (C=O) groups excluding carboxylic acids is 1. The third-order valence-corrected chi connectivity index (χ3v) is 4.52. The molecule has 1 aromatic carbocycles. The highest BCUT2D eigenvalue weighted by molar-refractivity contribution is 5.76. The number of para-hydroxylation sites is 1. The molecule has 0 bridgehead atoms. The molecule has 4 nitrogen and oxygen atoms in total. The Morgan fingerprint density at radius 1 is 1.13 bits per heavy atom. The van der Waals surface area contributed by atoms with E-state index in [4.69, 9.17) is 0 Å². The fourth-order valence-electron chi connectivity index (χ4n) is 3.19. The minimum atomic E-state index is 0.171. The SMILES string of the molecule is O=C(CCc1cnn(-c2ccccc2)c1)NC1CCCCCC1. The summed E-state index contributed by atoms with van der Waals surface area (Å²) in [5.41, 5.74) is 2.14. The summed E-state index contributed by atoms with van der Waals surface area (Å²) in [5, 5.41) is 7.58. The lowest BCUT2D eigenvalue weighted by Crippen LogP contribution is -2.34. The van der Waals surface area contributed by atoms with Crippen LogP contribution in [-0.4, -0.2) is 21.7 Å². The van der Waals surface area contributed by atoms with Crippen LogP contribution in [0.4, 0.5) is 0 Å². The van der Waals surface area contributed by atoms with E-state index < -0.39 is 0 Å². The van der Waals surface area contributed by atoms with E-state index in [9.17, 15) is 4.79 Å². The Kier molecular flexibility index (Phi) is 5.46. The number of amides is 1. The van der Waals surface area contributed by atoms with Crippen LogP contribution in [0.3, 0.4) is 0 Å². The van der Waals surface area contributed by atoms with Crippen LogP contribution in [0.25, 0.3) is 5.69 Å². The topological polar surface area (TPSA) is 46.9 Å². The highest BCUT2D eigenvalue weighted by Crippen LogP contribution is 2.17. The first-order valence-corrected chi connectivity index (χ1v) is 8.69. The van der Waals surface area contributed by atoms with Crippen LogP contribution in [0, 0.1) is 0 Å². The summed E-state index contributed by atoms with van der Waals surface area (Å²) in [4.78, 5) is 12.1. The van der Waals surface area contributed by atoms with Gasteiger partial charge in [0.2, 0.25) is 5.91 Å². The first-order valence-electron chi connectivity index (χ1n) is 8.69. The van der Waals surface area contributed by atoms with Crippen molar-refractivity contribution in [1.82, 2.24) is 15.1 Å². The largest absolute Gasteiger partial charge is 0.353 e. The second-order valence-electron chi connectivity index (χ2n) is 6.38. The molecular formula is C19H25N3O. The number of aromatic nitrogens is 2. The van der Waals surface area contributed by atoms with E-state index in [2.05, 4.69) is 10.4 Å². The molecule has 122 valence electrons. The molecule has 0 aliphatic heterocycles. The fraction of sp³-hybridized carbons (Fsp3) is 0.474. The molecule has 23 heavy (non-hydrogen) atoms. The van der Waals surface area contributed by atoms with E-state index in [1.165, 1.54) is 25.7 Å². The maximum Gasteiger partial charge on any atom is 0.220 e. The number of nitrogens with zero attached hydrogens (tertiary/aromatic N) is 2. The Balaban J connectivity index is 1.48. The molecule has 1 aliphatic rings. The van der Waals surface area contributed by atoms with Crippen LogP contribution in [0.5, 0.6) is 0 Å². The third-order valence-electron chi connectivity index (χ3n) is 4.52. The Morgan fingerprint density at radius 2 is 1.87 bits per heavy atom. The number of aryl methyl sites for hydroxylation is 1. The predicted octanol–water partition coefficient (Wildman–Crippen LogP) is 3.64. The van der Waals surface area contributed by atoms with E-state index in [1.807, 2.05) is 47.4 Å². The molecule has 1 amide bonds. The molecule has 1 heterocycles. The summed E-state index contributed by atoms with van der Waals surface area (Å²) in [7, 11) is 0. The van der Waals surface area contributed by atoms with Gasteiger partial charge in [0, 0.05) is 18.7 Å². The highest BCUT2D eigenvalue weighted by Gasteiger charge is 2.14. The van der Waals surface area contributed by atoms with Gasteiger partial charge in [0.15, 0.2) is 0 Å². The molecule has 1 fully saturated rings. The van der Waals surface area contributed by atoms with Crippen molar-refractivity contribution in [3.05, 3.63) is 48.3 Å². The van der Waals surface area contributed by atoms with Crippen molar-refractivity contribution in [1.29, 1.82) is 0 Å². The van der Waals surface area contributed by atoms with Crippen molar-refractivity contribution in [2.24, 2.45) is 0 Å². The average Bonchev–Trinajstić information content (AvgIpc) is 2.91. The van der Waals surface area contributed by atoms with E-state index >= 15 is 0 Å². The fourth-order valence-corrected chi connectivity index (χ4v) is 3.19. The lowest BCUT2D eigenvalue weighted by Gasteiger charge is -2.15. The van der Waals surface area contributed by atoms with E-state index in [0.717, 1.165) is 30.5 Å². The lowest BCUT2D eigenvalue weighted by molar-refractivity contribution is -0.121. The maximum absolute atomic E-state index is 12.1. The second kappa shape index (κ2) is 7.95. The number of benzene rings is 1. The molecule has 1 N–H and O–H groups in total. The Bertz CT molecular complexity index is 613. The van der Waals surface area contributed by atoms with Crippen molar-refractivity contribution in [2.45, 2.75) is 57.4 Å². The molecule has 3 rings (SSSR count).